The number of anilines is 1. The predicted octanol–water partition coefficient (Wildman–Crippen LogP) is 4.67. The number of nitrogens with zero attached hydrogens (tertiary/aromatic N) is 2. The highest BCUT2D eigenvalue weighted by Gasteiger charge is 2.12. The van der Waals surface area contributed by atoms with Gasteiger partial charge in [0.05, 0.1) is 24.9 Å². The molecule has 7 nitrogen and oxygen atoms in total. The monoisotopic (exact) mass is 441 g/mol. The summed E-state index contributed by atoms with van der Waals surface area (Å²) in [5, 5.41) is 4.94. The van der Waals surface area contributed by atoms with Crippen molar-refractivity contribution >= 4 is 28.3 Å². The van der Waals surface area contributed by atoms with Crippen LogP contribution < -0.4 is 5.32 Å². The van der Waals surface area contributed by atoms with Crippen LogP contribution in [0.4, 0.5) is 5.13 Å². The molecule has 164 valence electrons. The van der Waals surface area contributed by atoms with Crippen molar-refractivity contribution in [2.75, 3.05) is 11.9 Å². The Balaban J connectivity index is 1.48. The minimum Gasteiger partial charge on any atom is -0.466 e. The molecule has 3 aromatic rings. The summed E-state index contributed by atoms with van der Waals surface area (Å²) in [4.78, 5) is 32.2. The van der Waals surface area contributed by atoms with E-state index in [1.54, 1.807) is 18.5 Å². The van der Waals surface area contributed by atoms with Gasteiger partial charge in [-0.05, 0) is 24.8 Å². The lowest BCUT2D eigenvalue weighted by atomic mass is 10.0. The first kappa shape index (κ1) is 22.7. The number of oxazole rings is 1. The van der Waals surface area contributed by atoms with Crippen molar-refractivity contribution in [2.45, 2.75) is 46.5 Å². The van der Waals surface area contributed by atoms with Crippen molar-refractivity contribution in [3.05, 3.63) is 53.0 Å². The Hall–Kier alpha value is -3.00. The third-order valence-corrected chi connectivity index (χ3v) is 5.24. The van der Waals surface area contributed by atoms with Gasteiger partial charge in [0.2, 0.25) is 5.91 Å². The van der Waals surface area contributed by atoms with Crippen molar-refractivity contribution in [3.63, 3.8) is 0 Å². The number of nitrogens with one attached hydrogen (secondary N) is 1. The average Bonchev–Trinajstić information content (AvgIpc) is 3.36. The fourth-order valence-corrected chi connectivity index (χ4v) is 3.77. The molecule has 2 aromatic heterocycles. The maximum absolute atomic E-state index is 12.2. The van der Waals surface area contributed by atoms with E-state index in [4.69, 9.17) is 9.15 Å². The minimum absolute atomic E-state index is 0.0950. The molecule has 1 amide bonds. The molecular formula is C23H27N3O4S. The summed E-state index contributed by atoms with van der Waals surface area (Å²) in [5.41, 5.74) is 2.84. The van der Waals surface area contributed by atoms with E-state index in [1.165, 1.54) is 16.9 Å². The van der Waals surface area contributed by atoms with Gasteiger partial charge in [0, 0.05) is 23.8 Å². The normalized spacial score (nSPS) is 11.0. The highest BCUT2D eigenvalue weighted by molar-refractivity contribution is 7.13. The van der Waals surface area contributed by atoms with Gasteiger partial charge in [0.25, 0.3) is 0 Å². The minimum atomic E-state index is -0.333. The van der Waals surface area contributed by atoms with Gasteiger partial charge in [0.15, 0.2) is 16.8 Å². The van der Waals surface area contributed by atoms with Crippen LogP contribution in [0.2, 0.25) is 0 Å². The first-order valence-electron chi connectivity index (χ1n) is 10.4. The number of thiazole rings is 1. The fourth-order valence-electron chi connectivity index (χ4n) is 3.04. The SMILES string of the molecule is CCOC(=O)Cc1csc(NC(=O)CCc2ncc(-c3ccc(CC(C)C)cc3)o2)n1. The Kier molecular flexibility index (Phi) is 7.94. The second-order valence-corrected chi connectivity index (χ2v) is 8.45. The number of aromatic nitrogens is 2. The molecule has 0 spiro atoms. The molecule has 8 heteroatoms. The van der Waals surface area contributed by atoms with E-state index in [-0.39, 0.29) is 24.7 Å². The largest absolute Gasteiger partial charge is 0.466 e. The van der Waals surface area contributed by atoms with Crippen molar-refractivity contribution in [2.24, 2.45) is 5.92 Å². The van der Waals surface area contributed by atoms with Crippen LogP contribution in [0.25, 0.3) is 11.3 Å². The number of esters is 1. The summed E-state index contributed by atoms with van der Waals surface area (Å²) in [6, 6.07) is 8.28. The average molecular weight is 442 g/mol. The van der Waals surface area contributed by atoms with E-state index in [9.17, 15) is 9.59 Å². The number of aryl methyl sites for hydroxylation is 1. The van der Waals surface area contributed by atoms with Gasteiger partial charge < -0.3 is 14.5 Å². The molecule has 0 radical (unpaired) electrons. The van der Waals surface area contributed by atoms with Gasteiger partial charge in [-0.15, -0.1) is 11.3 Å². The van der Waals surface area contributed by atoms with Crippen LogP contribution in [0.1, 0.15) is 44.3 Å². The molecule has 0 aliphatic carbocycles. The molecule has 0 atom stereocenters. The third kappa shape index (κ3) is 7.03. The maximum Gasteiger partial charge on any atom is 0.311 e. The van der Waals surface area contributed by atoms with E-state index in [1.807, 2.05) is 12.1 Å². The van der Waals surface area contributed by atoms with Crippen molar-refractivity contribution < 1.29 is 18.7 Å². The first-order valence-corrected chi connectivity index (χ1v) is 11.2. The number of hydrogen-bond donors (Lipinski definition) is 1. The van der Waals surface area contributed by atoms with E-state index in [2.05, 4.69) is 41.3 Å². The zero-order chi connectivity index (χ0) is 22.2. The van der Waals surface area contributed by atoms with Crippen LogP contribution in [0, 0.1) is 5.92 Å². The second kappa shape index (κ2) is 10.9. The number of rotatable bonds is 10. The second-order valence-electron chi connectivity index (χ2n) is 7.59. The molecular weight excluding hydrogens is 414 g/mol. The molecule has 0 aliphatic rings. The van der Waals surface area contributed by atoms with Gasteiger partial charge in [-0.1, -0.05) is 38.1 Å². The molecule has 0 unspecified atom stereocenters. The summed E-state index contributed by atoms with van der Waals surface area (Å²) in [7, 11) is 0. The van der Waals surface area contributed by atoms with E-state index >= 15 is 0 Å². The molecule has 0 aliphatic heterocycles. The molecule has 0 fully saturated rings. The van der Waals surface area contributed by atoms with Gasteiger partial charge in [-0.2, -0.15) is 0 Å². The Morgan fingerprint density at radius 3 is 2.71 bits per heavy atom. The maximum atomic E-state index is 12.2. The lowest BCUT2D eigenvalue weighted by molar-refractivity contribution is -0.142. The van der Waals surface area contributed by atoms with Gasteiger partial charge >= 0.3 is 5.97 Å². The number of ether oxygens (including phenoxy) is 1. The van der Waals surface area contributed by atoms with Crippen molar-refractivity contribution in [3.8, 4) is 11.3 Å². The Bertz CT molecular complexity index is 1010. The fraction of sp³-hybridized carbons (Fsp3) is 0.391. The Morgan fingerprint density at radius 2 is 2.00 bits per heavy atom. The van der Waals surface area contributed by atoms with Crippen molar-refractivity contribution in [1.82, 2.24) is 9.97 Å². The summed E-state index contributed by atoms with van der Waals surface area (Å²) >= 11 is 1.28. The molecule has 0 saturated heterocycles. The Morgan fingerprint density at radius 1 is 1.23 bits per heavy atom. The summed E-state index contributed by atoms with van der Waals surface area (Å²) < 4.78 is 10.7. The molecule has 1 aromatic carbocycles. The van der Waals surface area contributed by atoms with Gasteiger partial charge in [-0.25, -0.2) is 9.97 Å². The lowest BCUT2D eigenvalue weighted by Crippen LogP contribution is -2.12. The zero-order valence-electron chi connectivity index (χ0n) is 18.0. The Labute approximate surface area is 185 Å². The van der Waals surface area contributed by atoms with Crippen LogP contribution in [0.5, 0.6) is 0 Å². The number of benzene rings is 1. The number of carbonyl (C=O) groups is 2. The third-order valence-electron chi connectivity index (χ3n) is 4.43. The summed E-state index contributed by atoms with van der Waals surface area (Å²) in [6.07, 6.45) is 3.43. The quantitative estimate of drug-likeness (QED) is 0.459. The van der Waals surface area contributed by atoms with Gasteiger partial charge in [-0.3, -0.25) is 9.59 Å². The van der Waals surface area contributed by atoms with Crippen LogP contribution in [-0.2, 0) is 33.6 Å². The predicted molar refractivity (Wildman–Crippen MR) is 120 cm³/mol. The molecule has 31 heavy (non-hydrogen) atoms. The van der Waals surface area contributed by atoms with Gasteiger partial charge in [0.1, 0.15) is 0 Å². The van der Waals surface area contributed by atoms with E-state index in [0.29, 0.717) is 41.4 Å². The molecule has 0 bridgehead atoms. The molecule has 0 saturated carbocycles. The van der Waals surface area contributed by atoms with Crippen LogP contribution in [0.15, 0.2) is 40.3 Å². The van der Waals surface area contributed by atoms with Crippen LogP contribution in [-0.4, -0.2) is 28.5 Å². The van der Waals surface area contributed by atoms with Crippen LogP contribution >= 0.6 is 11.3 Å². The highest BCUT2D eigenvalue weighted by atomic mass is 32.1. The molecule has 3 rings (SSSR count). The topological polar surface area (TPSA) is 94.3 Å². The number of amides is 1. The highest BCUT2D eigenvalue weighted by Crippen LogP contribution is 2.22. The van der Waals surface area contributed by atoms with Crippen LogP contribution in [0.3, 0.4) is 0 Å². The molecule has 2 heterocycles. The zero-order valence-corrected chi connectivity index (χ0v) is 18.8. The summed E-state index contributed by atoms with van der Waals surface area (Å²) in [6.45, 7) is 6.48. The molecule has 1 N–H and O–H groups in total. The first-order chi connectivity index (χ1) is 14.9. The number of hydrogen-bond acceptors (Lipinski definition) is 7. The summed E-state index contributed by atoms with van der Waals surface area (Å²) in [5.74, 6) is 1.30. The lowest BCUT2D eigenvalue weighted by Gasteiger charge is -2.05. The van der Waals surface area contributed by atoms with E-state index < -0.39 is 0 Å². The van der Waals surface area contributed by atoms with Crippen molar-refractivity contribution in [1.29, 1.82) is 0 Å². The number of carbonyl (C=O) groups excluding carboxylic acids is 2. The standard InChI is InChI=1S/C23H27N3O4S/c1-4-29-22(28)12-18-14-31-23(25-18)26-20(27)9-10-21-24-13-19(30-21)17-7-5-16(6-8-17)11-15(2)3/h5-8,13-15H,4,9-12H2,1-3H3,(H,25,26,27). The van der Waals surface area contributed by atoms with E-state index in [0.717, 1.165) is 12.0 Å². The smallest absolute Gasteiger partial charge is 0.311 e.